The van der Waals surface area contributed by atoms with E-state index in [0.717, 1.165) is 30.2 Å². The number of benzene rings is 2. The highest BCUT2D eigenvalue weighted by Gasteiger charge is 2.19. The van der Waals surface area contributed by atoms with Gasteiger partial charge in [-0.2, -0.15) is 0 Å². The summed E-state index contributed by atoms with van der Waals surface area (Å²) in [5, 5.41) is 28.0. The van der Waals surface area contributed by atoms with Gasteiger partial charge in [0.1, 0.15) is 11.6 Å². The number of aromatic nitrogens is 3. The molecule has 146 valence electrons. The van der Waals surface area contributed by atoms with E-state index in [1.54, 1.807) is 18.2 Å². The third kappa shape index (κ3) is 3.97. The third-order valence-electron chi connectivity index (χ3n) is 4.75. The quantitative estimate of drug-likeness (QED) is 0.657. The lowest BCUT2D eigenvalue weighted by atomic mass is 10.1. The lowest BCUT2D eigenvalue weighted by Gasteiger charge is -2.26. The van der Waals surface area contributed by atoms with Crippen molar-refractivity contribution in [2.45, 2.75) is 13.0 Å². The van der Waals surface area contributed by atoms with Crippen LogP contribution in [0, 0.1) is 5.82 Å². The summed E-state index contributed by atoms with van der Waals surface area (Å²) in [5.74, 6) is 0.763. The number of hydrogen-bond acceptors (Lipinski definition) is 6. The predicted molar refractivity (Wildman–Crippen MR) is 100.0 cm³/mol. The monoisotopic (exact) mass is 384 g/mol. The Balaban J connectivity index is 1.68. The molecule has 1 aliphatic rings. The van der Waals surface area contributed by atoms with Crippen molar-refractivity contribution in [1.82, 2.24) is 19.7 Å². The molecule has 3 aromatic rings. The summed E-state index contributed by atoms with van der Waals surface area (Å²) in [6.07, 6.45) is 0.404. The van der Waals surface area contributed by atoms with E-state index in [2.05, 4.69) is 15.1 Å². The van der Waals surface area contributed by atoms with E-state index >= 15 is 0 Å². The molecule has 1 fully saturated rings. The molecule has 1 saturated heterocycles. The largest absolute Gasteiger partial charge is 0.504 e. The maximum Gasteiger partial charge on any atom is 0.157 e. The minimum absolute atomic E-state index is 0.170. The molecule has 0 unspecified atom stereocenters. The van der Waals surface area contributed by atoms with Gasteiger partial charge in [-0.15, -0.1) is 10.2 Å². The molecule has 0 atom stereocenters. The Morgan fingerprint density at radius 2 is 1.64 bits per heavy atom. The molecule has 0 amide bonds. The molecule has 2 N–H and O–H groups in total. The first-order valence-electron chi connectivity index (χ1n) is 9.10. The summed E-state index contributed by atoms with van der Waals surface area (Å²) in [5.41, 5.74) is 1.55. The van der Waals surface area contributed by atoms with Crippen LogP contribution < -0.4 is 0 Å². The van der Waals surface area contributed by atoms with Crippen molar-refractivity contribution in [1.29, 1.82) is 0 Å². The molecule has 0 saturated carbocycles. The zero-order chi connectivity index (χ0) is 19.5. The molecule has 1 aliphatic heterocycles. The normalized spacial score (nSPS) is 15.0. The van der Waals surface area contributed by atoms with E-state index in [1.807, 2.05) is 4.57 Å². The Morgan fingerprint density at radius 1 is 0.929 bits per heavy atom. The number of phenols is 2. The Labute approximate surface area is 161 Å². The molecule has 7 nitrogen and oxygen atoms in total. The van der Waals surface area contributed by atoms with E-state index in [1.165, 1.54) is 24.3 Å². The number of ether oxygens (including phenoxy) is 1. The van der Waals surface area contributed by atoms with E-state index in [-0.39, 0.29) is 17.3 Å². The highest BCUT2D eigenvalue weighted by atomic mass is 19.1. The SMILES string of the molecule is Oc1ccc(Cc2nnc(CN3CCOCC3)n2-c2ccc(F)cc2)cc1O. The van der Waals surface area contributed by atoms with Crippen LogP contribution in [0.25, 0.3) is 5.69 Å². The van der Waals surface area contributed by atoms with Crippen LogP contribution in [0.2, 0.25) is 0 Å². The zero-order valence-electron chi connectivity index (χ0n) is 15.3. The summed E-state index contributed by atoms with van der Waals surface area (Å²) >= 11 is 0. The molecule has 2 heterocycles. The van der Waals surface area contributed by atoms with Crippen LogP contribution in [0.3, 0.4) is 0 Å². The van der Waals surface area contributed by atoms with Gasteiger partial charge in [-0.05, 0) is 42.0 Å². The molecule has 0 bridgehead atoms. The fourth-order valence-corrected chi connectivity index (χ4v) is 3.28. The molecule has 8 heteroatoms. The van der Waals surface area contributed by atoms with E-state index in [0.29, 0.717) is 32.0 Å². The minimum Gasteiger partial charge on any atom is -0.504 e. The van der Waals surface area contributed by atoms with E-state index in [9.17, 15) is 14.6 Å². The fourth-order valence-electron chi connectivity index (χ4n) is 3.28. The number of phenolic OH excluding ortho intramolecular Hbond substituents is 2. The number of rotatable bonds is 5. The van der Waals surface area contributed by atoms with Crippen LogP contribution in [-0.4, -0.2) is 56.2 Å². The maximum absolute atomic E-state index is 13.4. The summed E-state index contributed by atoms with van der Waals surface area (Å²) < 4.78 is 20.7. The highest BCUT2D eigenvalue weighted by Crippen LogP contribution is 2.26. The van der Waals surface area contributed by atoms with Gasteiger partial charge in [0.15, 0.2) is 17.3 Å². The van der Waals surface area contributed by atoms with Crippen molar-refractivity contribution in [3.05, 3.63) is 65.5 Å². The summed E-state index contributed by atoms with van der Waals surface area (Å²) in [6, 6.07) is 10.9. The third-order valence-corrected chi connectivity index (χ3v) is 4.75. The maximum atomic E-state index is 13.4. The van der Waals surface area contributed by atoms with Crippen LogP contribution in [0.4, 0.5) is 4.39 Å². The van der Waals surface area contributed by atoms with Crippen LogP contribution in [-0.2, 0) is 17.7 Å². The molecule has 0 aliphatic carbocycles. The number of halogens is 1. The first-order valence-corrected chi connectivity index (χ1v) is 9.10. The van der Waals surface area contributed by atoms with Gasteiger partial charge in [0.25, 0.3) is 0 Å². The second kappa shape index (κ2) is 7.95. The molecular weight excluding hydrogens is 363 g/mol. The van der Waals surface area contributed by atoms with Crippen molar-refractivity contribution in [2.24, 2.45) is 0 Å². The molecule has 2 aromatic carbocycles. The van der Waals surface area contributed by atoms with Gasteiger partial charge in [-0.3, -0.25) is 9.47 Å². The molecule has 4 rings (SSSR count). The molecule has 28 heavy (non-hydrogen) atoms. The van der Waals surface area contributed by atoms with E-state index in [4.69, 9.17) is 4.74 Å². The van der Waals surface area contributed by atoms with Gasteiger partial charge in [0, 0.05) is 25.2 Å². The summed E-state index contributed by atoms with van der Waals surface area (Å²) in [4.78, 5) is 2.24. The van der Waals surface area contributed by atoms with Gasteiger partial charge >= 0.3 is 0 Å². The number of morpholine rings is 1. The standard InChI is InChI=1S/C20H21FN4O3/c21-15-2-4-16(5-3-15)25-19(12-14-1-6-17(26)18(27)11-14)22-23-20(25)13-24-7-9-28-10-8-24/h1-6,11,26-27H,7-10,12-13H2. The van der Waals surface area contributed by atoms with Gasteiger partial charge in [0.2, 0.25) is 0 Å². The van der Waals surface area contributed by atoms with Gasteiger partial charge in [-0.25, -0.2) is 4.39 Å². The molecular formula is C20H21FN4O3. The lowest BCUT2D eigenvalue weighted by molar-refractivity contribution is 0.0328. The molecule has 1 aromatic heterocycles. The van der Waals surface area contributed by atoms with Gasteiger partial charge in [-0.1, -0.05) is 6.07 Å². The van der Waals surface area contributed by atoms with Gasteiger partial charge < -0.3 is 14.9 Å². The average molecular weight is 384 g/mol. The van der Waals surface area contributed by atoms with Crippen LogP contribution in [0.5, 0.6) is 11.5 Å². The smallest absolute Gasteiger partial charge is 0.157 e. The fraction of sp³-hybridized carbons (Fsp3) is 0.300. The Kier molecular flexibility index (Phi) is 5.23. The molecule has 0 radical (unpaired) electrons. The molecule has 0 spiro atoms. The first kappa shape index (κ1) is 18.4. The Bertz CT molecular complexity index is 953. The zero-order valence-corrected chi connectivity index (χ0v) is 15.3. The van der Waals surface area contributed by atoms with Crippen molar-refractivity contribution < 1.29 is 19.3 Å². The Hall–Kier alpha value is -2.97. The second-order valence-corrected chi connectivity index (χ2v) is 6.73. The van der Waals surface area contributed by atoms with Crippen LogP contribution >= 0.6 is 0 Å². The lowest BCUT2D eigenvalue weighted by Crippen LogP contribution is -2.36. The topological polar surface area (TPSA) is 83.6 Å². The minimum atomic E-state index is -0.309. The summed E-state index contributed by atoms with van der Waals surface area (Å²) in [7, 11) is 0. The van der Waals surface area contributed by atoms with Gasteiger partial charge in [0.05, 0.1) is 19.8 Å². The van der Waals surface area contributed by atoms with Crippen LogP contribution in [0.15, 0.2) is 42.5 Å². The number of aromatic hydroxyl groups is 2. The number of nitrogens with zero attached hydrogens (tertiary/aromatic N) is 4. The van der Waals surface area contributed by atoms with Crippen molar-refractivity contribution >= 4 is 0 Å². The second-order valence-electron chi connectivity index (χ2n) is 6.73. The van der Waals surface area contributed by atoms with Crippen molar-refractivity contribution in [3.63, 3.8) is 0 Å². The van der Waals surface area contributed by atoms with Crippen molar-refractivity contribution in [2.75, 3.05) is 26.3 Å². The predicted octanol–water partition coefficient (Wildman–Crippen LogP) is 2.24. The summed E-state index contributed by atoms with van der Waals surface area (Å²) in [6.45, 7) is 3.61. The van der Waals surface area contributed by atoms with E-state index < -0.39 is 0 Å². The van der Waals surface area contributed by atoms with Crippen molar-refractivity contribution in [3.8, 4) is 17.2 Å². The Morgan fingerprint density at radius 3 is 2.36 bits per heavy atom. The number of hydrogen-bond donors (Lipinski definition) is 2. The average Bonchev–Trinajstić information content (AvgIpc) is 3.08. The highest BCUT2D eigenvalue weighted by molar-refractivity contribution is 5.42. The first-order chi connectivity index (χ1) is 13.6. The van der Waals surface area contributed by atoms with Crippen LogP contribution in [0.1, 0.15) is 17.2 Å².